The maximum atomic E-state index is 4.25. The first-order valence-corrected chi connectivity index (χ1v) is 5.79. The first-order chi connectivity index (χ1) is 8.33. The van der Waals surface area contributed by atoms with Crippen LogP contribution < -0.4 is 5.32 Å². The molecule has 5 nitrogen and oxygen atoms in total. The standard InChI is InChI=1S/C11H8BrN5/c12-8-1-3-9(4-2-8)15-10-11-16-14-7-17(11)6-5-13-10/h1-7H,(H,13,15). The highest BCUT2D eigenvalue weighted by molar-refractivity contribution is 9.10. The number of benzene rings is 1. The summed E-state index contributed by atoms with van der Waals surface area (Å²) in [4.78, 5) is 4.25. The Hall–Kier alpha value is -1.95. The van der Waals surface area contributed by atoms with Gasteiger partial charge in [0, 0.05) is 22.6 Å². The van der Waals surface area contributed by atoms with Crippen molar-refractivity contribution in [3.8, 4) is 0 Å². The second kappa shape index (κ2) is 4.14. The van der Waals surface area contributed by atoms with Crippen molar-refractivity contribution in [3.05, 3.63) is 47.5 Å². The van der Waals surface area contributed by atoms with Gasteiger partial charge in [0.05, 0.1) is 0 Å². The van der Waals surface area contributed by atoms with Crippen molar-refractivity contribution in [1.82, 2.24) is 19.6 Å². The van der Waals surface area contributed by atoms with Crippen LogP contribution in [0.25, 0.3) is 5.65 Å². The minimum atomic E-state index is 0.687. The zero-order valence-corrected chi connectivity index (χ0v) is 10.3. The summed E-state index contributed by atoms with van der Waals surface area (Å²) in [7, 11) is 0. The van der Waals surface area contributed by atoms with Crippen LogP contribution in [0.15, 0.2) is 47.5 Å². The van der Waals surface area contributed by atoms with Crippen LogP contribution in [0.5, 0.6) is 0 Å². The summed E-state index contributed by atoms with van der Waals surface area (Å²) in [5.41, 5.74) is 1.66. The molecule has 3 rings (SSSR count). The average Bonchev–Trinajstić information content (AvgIpc) is 2.81. The number of hydrogen-bond donors (Lipinski definition) is 1. The molecule has 0 aliphatic carbocycles. The molecule has 0 saturated carbocycles. The molecule has 0 atom stereocenters. The van der Waals surface area contributed by atoms with E-state index in [2.05, 4.69) is 36.4 Å². The van der Waals surface area contributed by atoms with E-state index in [9.17, 15) is 0 Å². The van der Waals surface area contributed by atoms with Gasteiger partial charge in [0.15, 0.2) is 5.82 Å². The van der Waals surface area contributed by atoms with Crippen molar-refractivity contribution < 1.29 is 0 Å². The number of nitrogens with zero attached hydrogens (tertiary/aromatic N) is 4. The number of anilines is 2. The van der Waals surface area contributed by atoms with Gasteiger partial charge in [-0.25, -0.2) is 4.98 Å². The fourth-order valence-electron chi connectivity index (χ4n) is 1.52. The maximum absolute atomic E-state index is 4.25. The number of fused-ring (bicyclic) bond motifs is 1. The molecule has 0 aliphatic heterocycles. The molecule has 0 saturated heterocycles. The molecular formula is C11H8BrN5. The van der Waals surface area contributed by atoms with Gasteiger partial charge >= 0.3 is 0 Å². The van der Waals surface area contributed by atoms with Gasteiger partial charge in [0.2, 0.25) is 5.65 Å². The number of hydrogen-bond acceptors (Lipinski definition) is 4. The van der Waals surface area contributed by atoms with Crippen molar-refractivity contribution in [3.63, 3.8) is 0 Å². The average molecular weight is 290 g/mol. The van der Waals surface area contributed by atoms with Gasteiger partial charge in [0.25, 0.3) is 0 Å². The van der Waals surface area contributed by atoms with E-state index in [1.807, 2.05) is 34.9 Å². The SMILES string of the molecule is Brc1ccc(Nc2nccn3cnnc23)cc1. The van der Waals surface area contributed by atoms with E-state index in [0.717, 1.165) is 10.2 Å². The minimum absolute atomic E-state index is 0.687. The van der Waals surface area contributed by atoms with E-state index in [-0.39, 0.29) is 0 Å². The van der Waals surface area contributed by atoms with E-state index in [1.54, 1.807) is 12.5 Å². The van der Waals surface area contributed by atoms with Crippen LogP contribution in [0.2, 0.25) is 0 Å². The van der Waals surface area contributed by atoms with Crippen LogP contribution in [0.1, 0.15) is 0 Å². The van der Waals surface area contributed by atoms with Gasteiger partial charge in [-0.1, -0.05) is 15.9 Å². The van der Waals surface area contributed by atoms with Crippen LogP contribution in [0.3, 0.4) is 0 Å². The smallest absolute Gasteiger partial charge is 0.203 e. The second-order valence-electron chi connectivity index (χ2n) is 3.47. The lowest BCUT2D eigenvalue weighted by Crippen LogP contribution is -1.97. The van der Waals surface area contributed by atoms with Crippen molar-refractivity contribution in [2.75, 3.05) is 5.32 Å². The summed E-state index contributed by atoms with van der Waals surface area (Å²) >= 11 is 3.39. The third kappa shape index (κ3) is 1.99. The Kier molecular flexibility index (Phi) is 2.49. The Labute approximate surface area is 106 Å². The van der Waals surface area contributed by atoms with Gasteiger partial charge in [0.1, 0.15) is 6.33 Å². The fourth-order valence-corrected chi connectivity index (χ4v) is 1.78. The molecule has 1 aromatic carbocycles. The molecule has 0 unspecified atom stereocenters. The molecule has 0 radical (unpaired) electrons. The highest BCUT2D eigenvalue weighted by Gasteiger charge is 2.04. The zero-order valence-electron chi connectivity index (χ0n) is 8.71. The lowest BCUT2D eigenvalue weighted by atomic mass is 10.3. The number of nitrogens with one attached hydrogen (secondary N) is 1. The number of halogens is 1. The first-order valence-electron chi connectivity index (χ1n) is 5.00. The van der Waals surface area contributed by atoms with Crippen molar-refractivity contribution in [2.24, 2.45) is 0 Å². The predicted octanol–water partition coefficient (Wildman–Crippen LogP) is 2.63. The van der Waals surface area contributed by atoms with E-state index >= 15 is 0 Å². The fraction of sp³-hybridized carbons (Fsp3) is 0. The van der Waals surface area contributed by atoms with E-state index < -0.39 is 0 Å². The normalized spacial score (nSPS) is 10.6. The third-order valence-electron chi connectivity index (χ3n) is 2.32. The summed E-state index contributed by atoms with van der Waals surface area (Å²) in [6.07, 6.45) is 5.16. The lowest BCUT2D eigenvalue weighted by Gasteiger charge is -2.05. The van der Waals surface area contributed by atoms with Gasteiger partial charge in [-0.3, -0.25) is 4.40 Å². The molecule has 3 aromatic rings. The number of aromatic nitrogens is 4. The number of rotatable bonds is 2. The quantitative estimate of drug-likeness (QED) is 0.788. The monoisotopic (exact) mass is 289 g/mol. The van der Waals surface area contributed by atoms with Crippen LogP contribution in [0.4, 0.5) is 11.5 Å². The lowest BCUT2D eigenvalue weighted by molar-refractivity contribution is 1.10. The van der Waals surface area contributed by atoms with Gasteiger partial charge < -0.3 is 5.32 Å². The molecule has 84 valence electrons. The van der Waals surface area contributed by atoms with Crippen molar-refractivity contribution in [2.45, 2.75) is 0 Å². The van der Waals surface area contributed by atoms with E-state index in [1.165, 1.54) is 0 Å². The molecule has 0 amide bonds. The predicted molar refractivity (Wildman–Crippen MR) is 68.2 cm³/mol. The molecule has 0 spiro atoms. The Morgan fingerprint density at radius 1 is 1.18 bits per heavy atom. The molecule has 0 bridgehead atoms. The van der Waals surface area contributed by atoms with Crippen LogP contribution in [-0.4, -0.2) is 19.6 Å². The van der Waals surface area contributed by atoms with Crippen LogP contribution >= 0.6 is 15.9 Å². The Morgan fingerprint density at radius 3 is 2.82 bits per heavy atom. The molecule has 1 N–H and O–H groups in total. The van der Waals surface area contributed by atoms with Gasteiger partial charge in [-0.15, -0.1) is 10.2 Å². The Balaban J connectivity index is 1.99. The molecular weight excluding hydrogens is 282 g/mol. The molecule has 2 aromatic heterocycles. The minimum Gasteiger partial charge on any atom is -0.337 e. The molecule has 6 heteroatoms. The van der Waals surface area contributed by atoms with Crippen LogP contribution in [-0.2, 0) is 0 Å². The Morgan fingerprint density at radius 2 is 2.00 bits per heavy atom. The second-order valence-corrected chi connectivity index (χ2v) is 4.39. The third-order valence-corrected chi connectivity index (χ3v) is 2.85. The first kappa shape index (κ1) is 10.2. The van der Waals surface area contributed by atoms with Crippen molar-refractivity contribution >= 4 is 33.1 Å². The topological polar surface area (TPSA) is 55.1 Å². The van der Waals surface area contributed by atoms with Crippen molar-refractivity contribution in [1.29, 1.82) is 0 Å². The zero-order chi connectivity index (χ0) is 11.7. The Bertz CT molecular complexity index is 646. The van der Waals surface area contributed by atoms with Gasteiger partial charge in [-0.2, -0.15) is 0 Å². The molecule has 0 fully saturated rings. The van der Waals surface area contributed by atoms with Crippen LogP contribution in [0, 0.1) is 0 Å². The van der Waals surface area contributed by atoms with E-state index in [4.69, 9.17) is 0 Å². The summed E-state index contributed by atoms with van der Waals surface area (Å²) in [6, 6.07) is 7.86. The summed E-state index contributed by atoms with van der Waals surface area (Å²) in [5.74, 6) is 0.687. The highest BCUT2D eigenvalue weighted by atomic mass is 79.9. The molecule has 2 heterocycles. The van der Waals surface area contributed by atoms with Gasteiger partial charge in [-0.05, 0) is 24.3 Å². The maximum Gasteiger partial charge on any atom is 0.203 e. The summed E-state index contributed by atoms with van der Waals surface area (Å²) in [5, 5.41) is 11.1. The summed E-state index contributed by atoms with van der Waals surface area (Å²) < 4.78 is 2.85. The summed E-state index contributed by atoms with van der Waals surface area (Å²) in [6.45, 7) is 0. The highest BCUT2D eigenvalue weighted by Crippen LogP contribution is 2.19. The molecule has 17 heavy (non-hydrogen) atoms. The largest absolute Gasteiger partial charge is 0.337 e. The van der Waals surface area contributed by atoms with E-state index in [0.29, 0.717) is 11.5 Å². The molecule has 0 aliphatic rings.